The molecule has 1 N–H and O–H groups in total. The quantitative estimate of drug-likeness (QED) is 0.741. The summed E-state index contributed by atoms with van der Waals surface area (Å²) in [5.74, 6) is 0. The second-order valence-electron chi connectivity index (χ2n) is 4.95. The zero-order valence-corrected chi connectivity index (χ0v) is 12.0. The average Bonchev–Trinajstić information content (AvgIpc) is 3.02. The first-order valence-electron chi connectivity index (χ1n) is 7.17. The third-order valence-electron chi connectivity index (χ3n) is 3.18. The zero-order valence-electron chi connectivity index (χ0n) is 12.0. The van der Waals surface area contributed by atoms with Gasteiger partial charge in [0.2, 0.25) is 0 Å². The maximum Gasteiger partial charge on any atom is 0.0948 e. The summed E-state index contributed by atoms with van der Waals surface area (Å²) < 4.78 is 4.46. The molecule has 19 heavy (non-hydrogen) atoms. The van der Waals surface area contributed by atoms with Crippen molar-refractivity contribution < 1.29 is 0 Å². The molecule has 2 heterocycles. The monoisotopic (exact) mass is 260 g/mol. The van der Waals surface area contributed by atoms with Gasteiger partial charge in [-0.15, -0.1) is 0 Å². The van der Waals surface area contributed by atoms with E-state index in [1.165, 1.54) is 17.7 Å². The second-order valence-corrected chi connectivity index (χ2v) is 4.95. The highest BCUT2D eigenvalue weighted by molar-refractivity contribution is 5.12. The smallest absolute Gasteiger partial charge is 0.0948 e. The Morgan fingerprint density at radius 2 is 2.16 bits per heavy atom. The van der Waals surface area contributed by atoms with E-state index in [1.807, 2.05) is 12.5 Å². The molecule has 2 rings (SSSR count). The summed E-state index contributed by atoms with van der Waals surface area (Å²) >= 11 is 0. The Morgan fingerprint density at radius 1 is 1.26 bits per heavy atom. The summed E-state index contributed by atoms with van der Waals surface area (Å²) in [6.45, 7) is 8.35. The SMILES string of the molecule is CCCNCc1ccn(Cc2cncn2CCC)c1. The van der Waals surface area contributed by atoms with Crippen molar-refractivity contribution in [2.75, 3.05) is 6.54 Å². The van der Waals surface area contributed by atoms with Crippen LogP contribution >= 0.6 is 0 Å². The molecule has 2 aromatic rings. The number of nitrogens with zero attached hydrogens (tertiary/aromatic N) is 3. The van der Waals surface area contributed by atoms with Gasteiger partial charge in [-0.2, -0.15) is 0 Å². The molecule has 0 fully saturated rings. The molecular weight excluding hydrogens is 236 g/mol. The van der Waals surface area contributed by atoms with Gasteiger partial charge in [0.25, 0.3) is 0 Å². The number of hydrogen-bond donors (Lipinski definition) is 1. The van der Waals surface area contributed by atoms with Gasteiger partial charge in [-0.25, -0.2) is 4.98 Å². The topological polar surface area (TPSA) is 34.8 Å². The highest BCUT2D eigenvalue weighted by Gasteiger charge is 2.03. The van der Waals surface area contributed by atoms with E-state index in [0.717, 1.165) is 32.6 Å². The Bertz CT molecular complexity index is 484. The van der Waals surface area contributed by atoms with Gasteiger partial charge >= 0.3 is 0 Å². The second kappa shape index (κ2) is 7.14. The molecule has 0 radical (unpaired) electrons. The minimum atomic E-state index is 0.897. The van der Waals surface area contributed by atoms with Crippen LogP contribution in [0.15, 0.2) is 31.0 Å². The minimum absolute atomic E-state index is 0.897. The molecule has 0 aliphatic rings. The number of rotatable bonds is 8. The molecule has 0 spiro atoms. The van der Waals surface area contributed by atoms with Crippen LogP contribution in [0.25, 0.3) is 0 Å². The van der Waals surface area contributed by atoms with Gasteiger partial charge in [-0.1, -0.05) is 13.8 Å². The molecule has 0 saturated carbocycles. The van der Waals surface area contributed by atoms with Gasteiger partial charge in [-0.3, -0.25) is 0 Å². The highest BCUT2D eigenvalue weighted by Crippen LogP contribution is 2.07. The van der Waals surface area contributed by atoms with Crippen molar-refractivity contribution in [2.45, 2.75) is 46.3 Å². The summed E-state index contributed by atoms with van der Waals surface area (Å²) in [7, 11) is 0. The molecule has 0 aliphatic heterocycles. The van der Waals surface area contributed by atoms with E-state index >= 15 is 0 Å². The first-order valence-corrected chi connectivity index (χ1v) is 7.17. The van der Waals surface area contributed by atoms with Crippen LogP contribution in [0, 0.1) is 0 Å². The summed E-state index contributed by atoms with van der Waals surface area (Å²) in [4.78, 5) is 4.24. The number of aromatic nitrogens is 3. The van der Waals surface area contributed by atoms with Crippen molar-refractivity contribution in [3.8, 4) is 0 Å². The van der Waals surface area contributed by atoms with Gasteiger partial charge in [0.05, 0.1) is 18.6 Å². The van der Waals surface area contributed by atoms with Crippen LogP contribution in [0.4, 0.5) is 0 Å². The van der Waals surface area contributed by atoms with Crippen molar-refractivity contribution in [3.63, 3.8) is 0 Å². The molecule has 0 saturated heterocycles. The van der Waals surface area contributed by atoms with Gasteiger partial charge in [0, 0.05) is 31.7 Å². The lowest BCUT2D eigenvalue weighted by molar-refractivity contribution is 0.623. The standard InChI is InChI=1S/C15H24N4/c1-3-6-16-9-14-5-8-18(11-14)12-15-10-17-13-19(15)7-4-2/h5,8,10-11,13,16H,3-4,6-7,9,12H2,1-2H3. The lowest BCUT2D eigenvalue weighted by Gasteiger charge is -2.07. The Balaban J connectivity index is 1.93. The van der Waals surface area contributed by atoms with Gasteiger partial charge in [-0.05, 0) is 31.0 Å². The first-order chi connectivity index (χ1) is 9.33. The van der Waals surface area contributed by atoms with Crippen LogP contribution in [0.1, 0.15) is 37.9 Å². The lowest BCUT2D eigenvalue weighted by atomic mass is 10.3. The Labute approximate surface area is 115 Å². The van der Waals surface area contributed by atoms with E-state index in [9.17, 15) is 0 Å². The minimum Gasteiger partial charge on any atom is -0.348 e. The molecule has 0 aliphatic carbocycles. The van der Waals surface area contributed by atoms with E-state index in [-0.39, 0.29) is 0 Å². The summed E-state index contributed by atoms with van der Waals surface area (Å²) in [6.07, 6.45) is 10.6. The van der Waals surface area contributed by atoms with Crippen molar-refractivity contribution >= 4 is 0 Å². The van der Waals surface area contributed by atoms with E-state index < -0.39 is 0 Å². The fraction of sp³-hybridized carbons (Fsp3) is 0.533. The molecule has 104 valence electrons. The predicted octanol–water partition coefficient (Wildman–Crippen LogP) is 2.64. The van der Waals surface area contributed by atoms with Gasteiger partial charge < -0.3 is 14.5 Å². The largest absolute Gasteiger partial charge is 0.348 e. The third-order valence-corrected chi connectivity index (χ3v) is 3.18. The summed E-state index contributed by atoms with van der Waals surface area (Å²) in [5.41, 5.74) is 2.61. The number of aryl methyl sites for hydroxylation is 1. The van der Waals surface area contributed by atoms with Crippen LogP contribution in [0.2, 0.25) is 0 Å². The molecule has 4 heteroatoms. The molecule has 0 atom stereocenters. The number of nitrogens with one attached hydrogen (secondary N) is 1. The fourth-order valence-corrected chi connectivity index (χ4v) is 2.21. The highest BCUT2D eigenvalue weighted by atomic mass is 15.1. The van der Waals surface area contributed by atoms with Crippen LogP contribution < -0.4 is 5.32 Å². The maximum atomic E-state index is 4.24. The first kappa shape index (κ1) is 13.9. The number of imidazole rings is 1. The molecule has 0 aromatic carbocycles. The Morgan fingerprint density at radius 3 is 2.95 bits per heavy atom. The van der Waals surface area contributed by atoms with Crippen LogP contribution in [-0.2, 0) is 19.6 Å². The molecular formula is C15H24N4. The van der Waals surface area contributed by atoms with Crippen LogP contribution in [-0.4, -0.2) is 20.7 Å². The van der Waals surface area contributed by atoms with Crippen LogP contribution in [0.5, 0.6) is 0 Å². The van der Waals surface area contributed by atoms with E-state index in [2.05, 4.69) is 51.7 Å². The van der Waals surface area contributed by atoms with Crippen molar-refractivity contribution in [1.82, 2.24) is 19.4 Å². The summed E-state index contributed by atoms with van der Waals surface area (Å²) in [6, 6.07) is 2.18. The molecule has 4 nitrogen and oxygen atoms in total. The average molecular weight is 260 g/mol. The molecule has 0 bridgehead atoms. The van der Waals surface area contributed by atoms with E-state index in [1.54, 1.807) is 0 Å². The molecule has 2 aromatic heterocycles. The normalized spacial score (nSPS) is 11.1. The molecule has 0 amide bonds. The van der Waals surface area contributed by atoms with Gasteiger partial charge in [0.15, 0.2) is 0 Å². The Hall–Kier alpha value is -1.55. The Kier molecular flexibility index (Phi) is 5.21. The predicted molar refractivity (Wildman–Crippen MR) is 78.0 cm³/mol. The van der Waals surface area contributed by atoms with Gasteiger partial charge in [0.1, 0.15) is 0 Å². The third kappa shape index (κ3) is 3.96. The van der Waals surface area contributed by atoms with E-state index in [0.29, 0.717) is 0 Å². The lowest BCUT2D eigenvalue weighted by Crippen LogP contribution is -2.13. The zero-order chi connectivity index (χ0) is 13.5. The number of hydrogen-bond acceptors (Lipinski definition) is 2. The van der Waals surface area contributed by atoms with Crippen molar-refractivity contribution in [1.29, 1.82) is 0 Å². The maximum absolute atomic E-state index is 4.24. The van der Waals surface area contributed by atoms with Crippen molar-refractivity contribution in [3.05, 3.63) is 42.2 Å². The van der Waals surface area contributed by atoms with E-state index in [4.69, 9.17) is 0 Å². The van der Waals surface area contributed by atoms with Crippen molar-refractivity contribution in [2.24, 2.45) is 0 Å². The summed E-state index contributed by atoms with van der Waals surface area (Å²) in [5, 5.41) is 3.42. The fourth-order valence-electron chi connectivity index (χ4n) is 2.21. The molecule has 0 unspecified atom stereocenters. The van der Waals surface area contributed by atoms with Crippen LogP contribution in [0.3, 0.4) is 0 Å².